The summed E-state index contributed by atoms with van der Waals surface area (Å²) in [5, 5.41) is 13.1. The van der Waals surface area contributed by atoms with Gasteiger partial charge in [0.05, 0.1) is 6.42 Å². The second-order valence-corrected chi connectivity index (χ2v) is 10.4. The third-order valence-corrected chi connectivity index (χ3v) is 7.65. The molecule has 0 aliphatic carbocycles. The monoisotopic (exact) mass is 532 g/mol. The summed E-state index contributed by atoms with van der Waals surface area (Å²) in [5.74, 6) is 0.200. The Hall–Kier alpha value is -3.58. The summed E-state index contributed by atoms with van der Waals surface area (Å²) in [7, 11) is 0. The zero-order chi connectivity index (χ0) is 27.5. The average Bonchev–Trinajstić information content (AvgIpc) is 3.41. The van der Waals surface area contributed by atoms with E-state index in [1.807, 2.05) is 90.7 Å². The first-order valence-corrected chi connectivity index (χ1v) is 13.8. The first-order chi connectivity index (χ1) is 18.3. The van der Waals surface area contributed by atoms with Gasteiger partial charge in [-0.3, -0.25) is 4.79 Å². The highest BCUT2D eigenvalue weighted by Gasteiger charge is 2.44. The minimum atomic E-state index is -1.04. The number of carbonyl (C=O) groups is 2. The zero-order valence-corrected chi connectivity index (χ0v) is 23.2. The van der Waals surface area contributed by atoms with Crippen molar-refractivity contribution in [2.45, 2.75) is 51.5 Å². The number of thioether (sulfide) groups is 1. The highest BCUT2D eigenvalue weighted by molar-refractivity contribution is 8.12. The summed E-state index contributed by atoms with van der Waals surface area (Å²) in [4.78, 5) is 30.9. The van der Waals surface area contributed by atoms with Crippen LogP contribution in [0.5, 0.6) is 0 Å². The third-order valence-electron chi connectivity index (χ3n) is 6.69. The fourth-order valence-electron chi connectivity index (χ4n) is 4.18. The van der Waals surface area contributed by atoms with Crippen molar-refractivity contribution >= 4 is 28.7 Å². The van der Waals surface area contributed by atoms with Crippen molar-refractivity contribution in [3.05, 3.63) is 108 Å². The average molecular weight is 533 g/mol. The Morgan fingerprint density at radius 1 is 0.921 bits per heavy atom. The van der Waals surface area contributed by atoms with Crippen LogP contribution in [0.4, 0.5) is 4.79 Å². The van der Waals surface area contributed by atoms with Gasteiger partial charge < -0.3 is 14.8 Å². The second-order valence-electron chi connectivity index (χ2n) is 9.48. The van der Waals surface area contributed by atoms with Gasteiger partial charge in [-0.15, -0.1) is 0 Å². The maximum Gasteiger partial charge on any atom is 0.353 e. The van der Waals surface area contributed by atoms with Crippen LogP contribution < -0.4 is 0 Å². The highest BCUT2D eigenvalue weighted by atomic mass is 32.2. The van der Waals surface area contributed by atoms with Gasteiger partial charge in [-0.1, -0.05) is 122 Å². The zero-order valence-electron chi connectivity index (χ0n) is 22.4. The maximum absolute atomic E-state index is 12.2. The Labute approximate surface area is 229 Å². The van der Waals surface area contributed by atoms with E-state index in [1.54, 1.807) is 0 Å². The van der Waals surface area contributed by atoms with E-state index >= 15 is 0 Å². The van der Waals surface area contributed by atoms with Crippen molar-refractivity contribution in [2.75, 3.05) is 6.54 Å². The molecule has 200 valence electrons. The molecule has 1 heterocycles. The number of amides is 1. The molecular weight excluding hydrogens is 496 g/mol. The molecular formula is C31H36N2O4S. The van der Waals surface area contributed by atoms with Gasteiger partial charge in [0.2, 0.25) is 0 Å². The van der Waals surface area contributed by atoms with E-state index < -0.39 is 11.6 Å². The summed E-state index contributed by atoms with van der Waals surface area (Å²) < 4.78 is 0. The first-order valence-electron chi connectivity index (χ1n) is 12.8. The van der Waals surface area contributed by atoms with Crippen LogP contribution >= 0.6 is 11.8 Å². The number of oxime groups is 1. The van der Waals surface area contributed by atoms with Crippen LogP contribution in [0, 0.1) is 5.92 Å². The van der Waals surface area contributed by atoms with E-state index in [9.17, 15) is 9.59 Å². The largest absolute Gasteiger partial charge is 0.477 e. The fourth-order valence-corrected chi connectivity index (χ4v) is 5.13. The van der Waals surface area contributed by atoms with Gasteiger partial charge in [0.25, 0.3) is 5.24 Å². The van der Waals surface area contributed by atoms with Gasteiger partial charge in [-0.05, 0) is 25.3 Å². The van der Waals surface area contributed by atoms with Crippen LogP contribution in [-0.2, 0) is 21.0 Å². The molecule has 0 fully saturated rings. The number of carboxylic acids is 1. The molecule has 1 aliphatic heterocycles. The molecule has 0 radical (unpaired) electrons. The lowest BCUT2D eigenvalue weighted by Gasteiger charge is -2.30. The molecule has 1 unspecified atom stereocenters. The predicted molar refractivity (Wildman–Crippen MR) is 154 cm³/mol. The minimum Gasteiger partial charge on any atom is -0.477 e. The molecule has 0 saturated carbocycles. The van der Waals surface area contributed by atoms with E-state index in [1.165, 1.54) is 17.3 Å². The maximum atomic E-state index is 12.2. The van der Waals surface area contributed by atoms with E-state index in [2.05, 4.69) is 38.1 Å². The number of hydrogen-bond donors (Lipinski definition) is 1. The van der Waals surface area contributed by atoms with Gasteiger partial charge in [-0.2, -0.15) is 0 Å². The normalized spacial score (nSPS) is 14.5. The molecule has 0 bridgehead atoms. The first kappa shape index (κ1) is 29.0. The Kier molecular flexibility index (Phi) is 10.5. The quantitative estimate of drug-likeness (QED) is 0.332. The van der Waals surface area contributed by atoms with Crippen molar-refractivity contribution in [3.8, 4) is 0 Å². The van der Waals surface area contributed by atoms with Crippen LogP contribution in [0.15, 0.2) is 96.2 Å². The number of aliphatic carboxylic acids is 1. The van der Waals surface area contributed by atoms with E-state index in [4.69, 9.17) is 9.94 Å². The van der Waals surface area contributed by atoms with Crippen molar-refractivity contribution in [3.63, 3.8) is 0 Å². The smallest absolute Gasteiger partial charge is 0.353 e. The van der Waals surface area contributed by atoms with Gasteiger partial charge in [-0.25, -0.2) is 4.79 Å². The summed E-state index contributed by atoms with van der Waals surface area (Å²) >= 11 is 1.39. The molecule has 3 aromatic carbocycles. The van der Waals surface area contributed by atoms with Gasteiger partial charge in [0.15, 0.2) is 11.3 Å². The Morgan fingerprint density at radius 2 is 1.42 bits per heavy atom. The fraction of sp³-hybridized carbons (Fsp3) is 0.323. The Bertz CT molecular complexity index is 1160. The second kappa shape index (κ2) is 13.8. The lowest BCUT2D eigenvalue weighted by molar-refractivity contribution is -0.129. The van der Waals surface area contributed by atoms with Gasteiger partial charge in [0, 0.05) is 29.5 Å². The lowest BCUT2D eigenvalue weighted by atomic mass is 9.82. The Balaban J connectivity index is 0.000000212. The van der Waals surface area contributed by atoms with E-state index in [-0.39, 0.29) is 17.4 Å². The minimum absolute atomic E-state index is 0.0395. The SMILES string of the molecule is CCN(C(=O)SCc1ccccc1)C(C)C(C)C.O=C(O)C1=NOC(c2ccccc2)(c2ccccc2)C1. The molecule has 38 heavy (non-hydrogen) atoms. The van der Waals surface area contributed by atoms with Crippen molar-refractivity contribution in [1.29, 1.82) is 0 Å². The van der Waals surface area contributed by atoms with Crippen LogP contribution in [0.1, 0.15) is 50.8 Å². The van der Waals surface area contributed by atoms with Crippen LogP contribution in [0.3, 0.4) is 0 Å². The topological polar surface area (TPSA) is 79.2 Å². The number of nitrogens with zero attached hydrogens (tertiary/aromatic N) is 2. The predicted octanol–water partition coefficient (Wildman–Crippen LogP) is 7.20. The standard InChI is InChI=1S/C16H13NO3.C15H23NOS/c18-15(19)14-11-16(20-17-14,12-7-3-1-4-8-12)13-9-5-2-6-10-13;1-5-16(13(4)12(2)3)15(17)18-11-14-9-7-6-8-10-14/h1-10H,11H2,(H,18,19);6-10,12-13H,5,11H2,1-4H3. The molecule has 6 nitrogen and oxygen atoms in total. The molecule has 1 N–H and O–H groups in total. The van der Waals surface area contributed by atoms with Crippen molar-refractivity contribution < 1.29 is 19.5 Å². The summed E-state index contributed by atoms with van der Waals surface area (Å²) in [6, 6.07) is 29.6. The molecule has 1 aliphatic rings. The summed E-state index contributed by atoms with van der Waals surface area (Å²) in [6.07, 6.45) is 0.219. The number of rotatable bonds is 8. The van der Waals surface area contributed by atoms with Crippen LogP contribution in [-0.4, -0.2) is 39.5 Å². The van der Waals surface area contributed by atoms with Gasteiger partial charge in [0.1, 0.15) is 0 Å². The van der Waals surface area contributed by atoms with Crippen LogP contribution in [0.25, 0.3) is 0 Å². The van der Waals surface area contributed by atoms with Gasteiger partial charge >= 0.3 is 5.97 Å². The molecule has 7 heteroatoms. The molecule has 1 atom stereocenters. The lowest BCUT2D eigenvalue weighted by Crippen LogP contribution is -2.39. The third kappa shape index (κ3) is 7.25. The van der Waals surface area contributed by atoms with Crippen molar-refractivity contribution in [1.82, 2.24) is 4.90 Å². The molecule has 4 rings (SSSR count). The molecule has 0 spiro atoms. The number of hydrogen-bond acceptors (Lipinski definition) is 5. The van der Waals surface area contributed by atoms with E-state index in [0.717, 1.165) is 23.4 Å². The number of benzene rings is 3. The van der Waals surface area contributed by atoms with Crippen molar-refractivity contribution in [2.24, 2.45) is 11.1 Å². The molecule has 3 aromatic rings. The van der Waals surface area contributed by atoms with E-state index in [0.29, 0.717) is 12.0 Å². The summed E-state index contributed by atoms with van der Waals surface area (Å²) in [6.45, 7) is 9.25. The molecule has 0 saturated heterocycles. The number of carbonyl (C=O) groups excluding carboxylic acids is 1. The molecule has 1 amide bonds. The highest BCUT2D eigenvalue weighted by Crippen LogP contribution is 2.41. The van der Waals surface area contributed by atoms with Crippen LogP contribution in [0.2, 0.25) is 0 Å². The number of carboxylic acid groups (broad SMARTS) is 1. The Morgan fingerprint density at radius 3 is 1.84 bits per heavy atom. The molecule has 0 aromatic heterocycles. The summed E-state index contributed by atoms with van der Waals surface area (Å²) in [5.41, 5.74) is 2.18.